The Morgan fingerprint density at radius 1 is 1.00 bits per heavy atom. The van der Waals surface area contributed by atoms with E-state index in [0.29, 0.717) is 30.2 Å². The second-order valence-electron chi connectivity index (χ2n) is 9.11. The summed E-state index contributed by atoms with van der Waals surface area (Å²) in [6, 6.07) is 14.5. The van der Waals surface area contributed by atoms with Crippen LogP contribution in [0.1, 0.15) is 31.2 Å². The third-order valence-electron chi connectivity index (χ3n) is 6.74. The molecule has 1 aliphatic rings. The van der Waals surface area contributed by atoms with Crippen LogP contribution >= 0.6 is 0 Å². The predicted octanol–water partition coefficient (Wildman–Crippen LogP) is 2.87. The lowest BCUT2D eigenvalue weighted by molar-refractivity contribution is 0.171. The molecule has 2 aromatic carbocycles. The molecule has 0 radical (unpaired) electrons. The van der Waals surface area contributed by atoms with Crippen LogP contribution in [0.3, 0.4) is 0 Å². The first-order valence-electron chi connectivity index (χ1n) is 11.3. The number of hydrogen-bond donors (Lipinski definition) is 0. The molecule has 32 heavy (non-hydrogen) atoms. The molecule has 0 amide bonds. The zero-order valence-electron chi connectivity index (χ0n) is 18.9. The van der Waals surface area contributed by atoms with Crippen molar-refractivity contribution in [2.45, 2.75) is 32.9 Å². The van der Waals surface area contributed by atoms with Gasteiger partial charge in [0.2, 0.25) is 0 Å². The fourth-order valence-electron chi connectivity index (χ4n) is 5.01. The minimum absolute atomic E-state index is 0.297. The summed E-state index contributed by atoms with van der Waals surface area (Å²) in [5.74, 6) is 1.48. The molecule has 3 heterocycles. The number of imidazole rings is 1. The summed E-state index contributed by atoms with van der Waals surface area (Å²) in [5, 5.41) is 2.33. The fraction of sp³-hybridized carbons (Fsp3) is 0.400. The molecule has 1 saturated heterocycles. The van der Waals surface area contributed by atoms with Crippen molar-refractivity contribution in [3.8, 4) is 0 Å². The van der Waals surface area contributed by atoms with E-state index < -0.39 is 0 Å². The molecule has 2 aromatic heterocycles. The minimum atomic E-state index is -0.351. The standard InChI is InChI=1S/C25H29N5O2/c1-17-8-7-13-29(14-17)16-21-26-23-22(24(31)28(3)25(32)27(23)2)30(21)15-19-11-6-10-18-9-4-5-12-20(18)19/h4-6,9-12,17H,7-8,13-16H2,1-3H3/t17-/m1/s1. The summed E-state index contributed by atoms with van der Waals surface area (Å²) in [6.07, 6.45) is 2.42. The summed E-state index contributed by atoms with van der Waals surface area (Å²) in [4.78, 5) is 33.0. The Kier molecular flexibility index (Phi) is 5.21. The van der Waals surface area contributed by atoms with E-state index in [-0.39, 0.29) is 11.2 Å². The van der Waals surface area contributed by atoms with Gasteiger partial charge in [0.1, 0.15) is 5.82 Å². The Labute approximate surface area is 186 Å². The quantitative estimate of drug-likeness (QED) is 0.498. The summed E-state index contributed by atoms with van der Waals surface area (Å²) >= 11 is 0. The van der Waals surface area contributed by atoms with Crippen LogP contribution < -0.4 is 11.2 Å². The van der Waals surface area contributed by atoms with Gasteiger partial charge >= 0.3 is 5.69 Å². The molecule has 1 atom stereocenters. The van der Waals surface area contributed by atoms with Crippen LogP contribution in [0.4, 0.5) is 0 Å². The van der Waals surface area contributed by atoms with E-state index in [4.69, 9.17) is 4.98 Å². The number of aromatic nitrogens is 4. The van der Waals surface area contributed by atoms with Crippen LogP contribution in [0.15, 0.2) is 52.1 Å². The van der Waals surface area contributed by atoms with Gasteiger partial charge in [-0.1, -0.05) is 49.4 Å². The van der Waals surface area contributed by atoms with Crippen LogP contribution in [0.5, 0.6) is 0 Å². The maximum atomic E-state index is 13.2. The highest BCUT2D eigenvalue weighted by molar-refractivity contribution is 5.85. The molecule has 7 nitrogen and oxygen atoms in total. The molecule has 7 heteroatoms. The number of hydrogen-bond acceptors (Lipinski definition) is 4. The second-order valence-corrected chi connectivity index (χ2v) is 9.11. The molecule has 0 saturated carbocycles. The van der Waals surface area contributed by atoms with Gasteiger partial charge in [0.15, 0.2) is 11.2 Å². The van der Waals surface area contributed by atoms with Crippen LogP contribution in [0, 0.1) is 5.92 Å². The zero-order chi connectivity index (χ0) is 22.4. The number of aryl methyl sites for hydroxylation is 1. The topological polar surface area (TPSA) is 65.1 Å². The number of fused-ring (bicyclic) bond motifs is 2. The molecule has 0 aliphatic carbocycles. The lowest BCUT2D eigenvalue weighted by Gasteiger charge is -2.30. The third kappa shape index (κ3) is 3.46. The highest BCUT2D eigenvalue weighted by Crippen LogP contribution is 2.23. The lowest BCUT2D eigenvalue weighted by atomic mass is 10.0. The van der Waals surface area contributed by atoms with Crippen molar-refractivity contribution in [2.24, 2.45) is 20.0 Å². The first kappa shape index (κ1) is 20.7. The van der Waals surface area contributed by atoms with Gasteiger partial charge in [0, 0.05) is 20.6 Å². The summed E-state index contributed by atoms with van der Waals surface area (Å²) < 4.78 is 4.69. The Morgan fingerprint density at radius 2 is 1.78 bits per heavy atom. The molecule has 166 valence electrons. The lowest BCUT2D eigenvalue weighted by Crippen LogP contribution is -2.37. The number of piperidine rings is 1. The van der Waals surface area contributed by atoms with Gasteiger partial charge in [-0.2, -0.15) is 0 Å². The Morgan fingerprint density at radius 3 is 2.59 bits per heavy atom. The van der Waals surface area contributed by atoms with E-state index in [1.54, 1.807) is 7.05 Å². The van der Waals surface area contributed by atoms with Gasteiger partial charge in [-0.05, 0) is 41.6 Å². The van der Waals surface area contributed by atoms with Gasteiger partial charge in [0.25, 0.3) is 5.56 Å². The molecule has 4 aromatic rings. The molecule has 1 aliphatic heterocycles. The predicted molar refractivity (Wildman–Crippen MR) is 127 cm³/mol. The van der Waals surface area contributed by atoms with Gasteiger partial charge in [-0.3, -0.25) is 18.8 Å². The summed E-state index contributed by atoms with van der Waals surface area (Å²) in [5.41, 5.74) is 1.43. The summed E-state index contributed by atoms with van der Waals surface area (Å²) in [6.45, 7) is 5.53. The van der Waals surface area contributed by atoms with Crippen molar-refractivity contribution in [2.75, 3.05) is 13.1 Å². The monoisotopic (exact) mass is 431 g/mol. The molecule has 5 rings (SSSR count). The largest absolute Gasteiger partial charge is 0.332 e. The van der Waals surface area contributed by atoms with Crippen LogP contribution in [-0.4, -0.2) is 36.7 Å². The van der Waals surface area contributed by atoms with E-state index >= 15 is 0 Å². The Balaban J connectivity index is 1.69. The molecular weight excluding hydrogens is 402 g/mol. The number of likely N-dealkylation sites (tertiary alicyclic amines) is 1. The summed E-state index contributed by atoms with van der Waals surface area (Å²) in [7, 11) is 3.22. The normalized spacial score (nSPS) is 17.4. The molecule has 0 bridgehead atoms. The first-order valence-corrected chi connectivity index (χ1v) is 11.3. The highest BCUT2D eigenvalue weighted by Gasteiger charge is 2.23. The molecule has 1 fully saturated rings. The zero-order valence-corrected chi connectivity index (χ0v) is 18.9. The van der Waals surface area contributed by atoms with E-state index in [2.05, 4.69) is 42.2 Å². The van der Waals surface area contributed by atoms with Crippen LogP contribution in [0.2, 0.25) is 0 Å². The van der Waals surface area contributed by atoms with E-state index in [1.807, 2.05) is 16.7 Å². The maximum absolute atomic E-state index is 13.2. The smallest absolute Gasteiger partial charge is 0.317 e. The number of nitrogens with zero attached hydrogens (tertiary/aromatic N) is 5. The maximum Gasteiger partial charge on any atom is 0.332 e. The van der Waals surface area contributed by atoms with E-state index in [0.717, 1.165) is 29.9 Å². The Bertz CT molecular complexity index is 1420. The molecule has 0 unspecified atom stereocenters. The first-order chi connectivity index (χ1) is 15.4. The van der Waals surface area contributed by atoms with E-state index in [9.17, 15) is 9.59 Å². The van der Waals surface area contributed by atoms with Crippen molar-refractivity contribution in [1.29, 1.82) is 0 Å². The average molecular weight is 432 g/mol. The van der Waals surface area contributed by atoms with Crippen molar-refractivity contribution < 1.29 is 0 Å². The Hall–Kier alpha value is -3.19. The highest BCUT2D eigenvalue weighted by atomic mass is 16.2. The third-order valence-corrected chi connectivity index (χ3v) is 6.74. The van der Waals surface area contributed by atoms with Crippen molar-refractivity contribution in [3.05, 3.63) is 74.7 Å². The number of rotatable bonds is 4. The van der Waals surface area contributed by atoms with Crippen LogP contribution in [0.25, 0.3) is 21.9 Å². The second kappa shape index (κ2) is 8.06. The van der Waals surface area contributed by atoms with Gasteiger partial charge in [-0.15, -0.1) is 0 Å². The van der Waals surface area contributed by atoms with Crippen molar-refractivity contribution in [1.82, 2.24) is 23.6 Å². The molecular formula is C25H29N5O2. The van der Waals surface area contributed by atoms with Gasteiger partial charge in [-0.25, -0.2) is 9.78 Å². The minimum Gasteiger partial charge on any atom is -0.317 e. The van der Waals surface area contributed by atoms with Crippen molar-refractivity contribution in [3.63, 3.8) is 0 Å². The van der Waals surface area contributed by atoms with E-state index in [1.165, 1.54) is 34.4 Å². The molecule has 0 spiro atoms. The number of benzene rings is 2. The fourth-order valence-corrected chi connectivity index (χ4v) is 5.01. The van der Waals surface area contributed by atoms with Crippen LogP contribution in [-0.2, 0) is 27.2 Å². The SMILES string of the molecule is C[C@@H]1CCCN(Cc2nc3c(c(=O)n(C)c(=O)n3C)n2Cc2cccc3ccccc23)C1. The van der Waals surface area contributed by atoms with Crippen molar-refractivity contribution >= 4 is 21.9 Å². The molecule has 0 N–H and O–H groups in total. The van der Waals surface area contributed by atoms with Gasteiger partial charge < -0.3 is 4.57 Å². The van der Waals surface area contributed by atoms with Gasteiger partial charge in [0.05, 0.1) is 13.1 Å². The average Bonchev–Trinajstić information content (AvgIpc) is 3.14.